The Balaban J connectivity index is 1.75. The normalized spacial score (nSPS) is 16.0. The fourth-order valence-electron chi connectivity index (χ4n) is 2.72. The zero-order valence-electron chi connectivity index (χ0n) is 13.8. The van der Waals surface area contributed by atoms with E-state index in [2.05, 4.69) is 5.32 Å². The Morgan fingerprint density at radius 2 is 2.17 bits per heavy atom. The summed E-state index contributed by atoms with van der Waals surface area (Å²) in [6, 6.07) is 5.54. The van der Waals surface area contributed by atoms with Gasteiger partial charge in [-0.25, -0.2) is 0 Å². The molecule has 0 saturated heterocycles. The Hall–Kier alpha value is -1.75. The third-order valence-corrected chi connectivity index (χ3v) is 4.13. The number of ether oxygens (including phenoxy) is 1. The number of carbonyl (C=O) groups excluding carboxylic acids is 2. The molecule has 1 atom stereocenters. The van der Waals surface area contributed by atoms with Crippen molar-refractivity contribution in [3.63, 3.8) is 0 Å². The van der Waals surface area contributed by atoms with Crippen LogP contribution in [0, 0.1) is 0 Å². The molecule has 126 valence electrons. The van der Waals surface area contributed by atoms with E-state index in [0.29, 0.717) is 24.5 Å². The predicted octanol–water partition coefficient (Wildman–Crippen LogP) is 2.41. The molecule has 0 saturated carbocycles. The molecule has 0 fully saturated rings. The Bertz CT molecular complexity index is 589. The lowest BCUT2D eigenvalue weighted by Crippen LogP contribution is -2.40. The van der Waals surface area contributed by atoms with Crippen LogP contribution in [0.3, 0.4) is 0 Å². The van der Waals surface area contributed by atoms with Gasteiger partial charge in [-0.05, 0) is 44.0 Å². The molecule has 1 heterocycles. The first kappa shape index (κ1) is 17.6. The highest BCUT2D eigenvalue weighted by atomic mass is 35.5. The number of carbonyl (C=O) groups is 2. The topological polar surface area (TPSA) is 58.6 Å². The smallest absolute Gasteiger partial charge is 0.261 e. The lowest BCUT2D eigenvalue weighted by molar-refractivity contribution is -0.130. The Labute approximate surface area is 141 Å². The molecule has 0 unspecified atom stereocenters. The van der Waals surface area contributed by atoms with Crippen LogP contribution in [-0.2, 0) is 16.0 Å². The quantitative estimate of drug-likeness (QED) is 0.810. The van der Waals surface area contributed by atoms with Gasteiger partial charge in [0.05, 0.1) is 0 Å². The van der Waals surface area contributed by atoms with Crippen LogP contribution in [0.15, 0.2) is 18.2 Å². The molecule has 0 aliphatic carbocycles. The first-order valence-electron chi connectivity index (χ1n) is 7.88. The minimum Gasteiger partial charge on any atom is -0.480 e. The molecular formula is C17H23ClN2O3. The summed E-state index contributed by atoms with van der Waals surface area (Å²) in [7, 11) is 0. The molecule has 2 amide bonds. The number of benzene rings is 1. The third kappa shape index (κ3) is 4.61. The van der Waals surface area contributed by atoms with Gasteiger partial charge in [-0.1, -0.05) is 11.6 Å². The zero-order chi connectivity index (χ0) is 17.0. The van der Waals surface area contributed by atoms with E-state index >= 15 is 0 Å². The van der Waals surface area contributed by atoms with Crippen LogP contribution >= 0.6 is 11.6 Å². The lowest BCUT2D eigenvalue weighted by atomic mass is 10.1. The molecule has 6 heteroatoms. The maximum Gasteiger partial charge on any atom is 0.261 e. The molecule has 0 bridgehead atoms. The van der Waals surface area contributed by atoms with E-state index in [4.69, 9.17) is 16.3 Å². The van der Waals surface area contributed by atoms with Crippen LogP contribution in [0.2, 0.25) is 5.02 Å². The van der Waals surface area contributed by atoms with Gasteiger partial charge in [0, 0.05) is 37.5 Å². The molecular weight excluding hydrogens is 316 g/mol. The fourth-order valence-corrected chi connectivity index (χ4v) is 2.91. The second-order valence-electron chi connectivity index (χ2n) is 6.01. The van der Waals surface area contributed by atoms with Crippen molar-refractivity contribution in [1.29, 1.82) is 0 Å². The van der Waals surface area contributed by atoms with Gasteiger partial charge in [0.2, 0.25) is 5.91 Å². The van der Waals surface area contributed by atoms with Crippen molar-refractivity contribution < 1.29 is 14.3 Å². The molecule has 1 aromatic carbocycles. The van der Waals surface area contributed by atoms with E-state index in [9.17, 15) is 9.59 Å². The summed E-state index contributed by atoms with van der Waals surface area (Å²) >= 11 is 5.95. The molecule has 0 aromatic heterocycles. The van der Waals surface area contributed by atoms with Crippen LogP contribution in [-0.4, -0.2) is 41.9 Å². The molecule has 0 spiro atoms. The van der Waals surface area contributed by atoms with Crippen LogP contribution in [0.5, 0.6) is 5.75 Å². The van der Waals surface area contributed by atoms with Crippen LogP contribution in [0.25, 0.3) is 0 Å². The number of nitrogens with zero attached hydrogens (tertiary/aromatic N) is 1. The van der Waals surface area contributed by atoms with Crippen LogP contribution in [0.1, 0.15) is 32.8 Å². The standard InChI is InChI=1S/C17H23ClN2O3/c1-11(2)20(12(3)21)8-4-7-19-17(22)16-10-13-9-14(18)5-6-15(13)23-16/h5-6,9,11,16H,4,7-8,10H2,1-3H3,(H,19,22)/t16-/m0/s1. The average molecular weight is 339 g/mol. The average Bonchev–Trinajstić information content (AvgIpc) is 2.89. The van der Waals surface area contributed by atoms with E-state index in [1.54, 1.807) is 24.0 Å². The van der Waals surface area contributed by atoms with Gasteiger partial charge >= 0.3 is 0 Å². The van der Waals surface area contributed by atoms with Gasteiger partial charge in [0.1, 0.15) is 5.75 Å². The van der Waals surface area contributed by atoms with Crippen LogP contribution in [0.4, 0.5) is 0 Å². The first-order valence-corrected chi connectivity index (χ1v) is 8.26. The van der Waals surface area contributed by atoms with Crippen molar-refractivity contribution in [1.82, 2.24) is 10.2 Å². The molecule has 2 rings (SSSR count). The minimum atomic E-state index is -0.502. The molecule has 23 heavy (non-hydrogen) atoms. The summed E-state index contributed by atoms with van der Waals surface area (Å²) in [5, 5.41) is 3.52. The van der Waals surface area contributed by atoms with E-state index in [1.165, 1.54) is 0 Å². The maximum atomic E-state index is 12.2. The van der Waals surface area contributed by atoms with E-state index < -0.39 is 6.10 Å². The molecule has 1 aromatic rings. The third-order valence-electron chi connectivity index (χ3n) is 3.89. The molecule has 1 aliphatic rings. The summed E-state index contributed by atoms with van der Waals surface area (Å²) in [5.41, 5.74) is 0.959. The van der Waals surface area contributed by atoms with Gasteiger partial charge in [0.25, 0.3) is 5.91 Å². The summed E-state index contributed by atoms with van der Waals surface area (Å²) in [6.07, 6.45) is 0.750. The van der Waals surface area contributed by atoms with Gasteiger partial charge in [0.15, 0.2) is 6.10 Å². The highest BCUT2D eigenvalue weighted by Crippen LogP contribution is 2.31. The van der Waals surface area contributed by atoms with Crippen molar-refractivity contribution in [3.8, 4) is 5.75 Å². The lowest BCUT2D eigenvalue weighted by Gasteiger charge is -2.25. The molecule has 0 radical (unpaired) electrons. The number of rotatable bonds is 6. The first-order chi connectivity index (χ1) is 10.9. The highest BCUT2D eigenvalue weighted by molar-refractivity contribution is 6.30. The van der Waals surface area contributed by atoms with Crippen molar-refractivity contribution >= 4 is 23.4 Å². The molecule has 5 nitrogen and oxygen atoms in total. The van der Waals surface area contributed by atoms with E-state index in [1.807, 2.05) is 19.9 Å². The maximum absolute atomic E-state index is 12.2. The summed E-state index contributed by atoms with van der Waals surface area (Å²) in [5.74, 6) is 0.645. The largest absolute Gasteiger partial charge is 0.480 e. The van der Waals surface area contributed by atoms with Crippen molar-refractivity contribution in [3.05, 3.63) is 28.8 Å². The van der Waals surface area contributed by atoms with E-state index in [0.717, 1.165) is 17.7 Å². The van der Waals surface area contributed by atoms with Crippen molar-refractivity contribution in [2.45, 2.75) is 45.8 Å². The Morgan fingerprint density at radius 1 is 1.43 bits per heavy atom. The second kappa shape index (κ2) is 7.68. The summed E-state index contributed by atoms with van der Waals surface area (Å²) in [4.78, 5) is 25.4. The summed E-state index contributed by atoms with van der Waals surface area (Å²) < 4.78 is 5.64. The minimum absolute atomic E-state index is 0.0535. The van der Waals surface area contributed by atoms with Crippen molar-refractivity contribution in [2.75, 3.05) is 13.1 Å². The summed E-state index contributed by atoms with van der Waals surface area (Å²) in [6.45, 7) is 6.68. The number of hydrogen-bond donors (Lipinski definition) is 1. The monoisotopic (exact) mass is 338 g/mol. The van der Waals surface area contributed by atoms with Gasteiger partial charge in [-0.3, -0.25) is 9.59 Å². The number of amides is 2. The van der Waals surface area contributed by atoms with Gasteiger partial charge in [-0.15, -0.1) is 0 Å². The Kier molecular flexibility index (Phi) is 5.88. The molecule has 1 N–H and O–H groups in total. The number of halogens is 1. The van der Waals surface area contributed by atoms with Crippen LogP contribution < -0.4 is 10.1 Å². The highest BCUT2D eigenvalue weighted by Gasteiger charge is 2.28. The van der Waals surface area contributed by atoms with Gasteiger partial charge in [-0.2, -0.15) is 0 Å². The second-order valence-corrected chi connectivity index (χ2v) is 6.45. The number of nitrogens with one attached hydrogen (secondary N) is 1. The molecule has 1 aliphatic heterocycles. The van der Waals surface area contributed by atoms with Crippen molar-refractivity contribution in [2.24, 2.45) is 0 Å². The predicted molar refractivity (Wildman–Crippen MR) is 89.7 cm³/mol. The fraction of sp³-hybridized carbons (Fsp3) is 0.529. The zero-order valence-corrected chi connectivity index (χ0v) is 14.5. The number of fused-ring (bicyclic) bond motifs is 1. The number of hydrogen-bond acceptors (Lipinski definition) is 3. The van der Waals surface area contributed by atoms with Gasteiger partial charge < -0.3 is 15.0 Å². The van der Waals surface area contributed by atoms with E-state index in [-0.39, 0.29) is 17.9 Å². The Morgan fingerprint density at radius 3 is 2.83 bits per heavy atom. The SMILES string of the molecule is CC(=O)N(CCCNC(=O)[C@@H]1Cc2cc(Cl)ccc2O1)C(C)C.